The summed E-state index contributed by atoms with van der Waals surface area (Å²) in [5.41, 5.74) is 0.456. The minimum atomic E-state index is -0.890. The highest BCUT2D eigenvalue weighted by molar-refractivity contribution is 5.33. The molecule has 0 radical (unpaired) electrons. The SMILES string of the molecule is C=CCCC1CCC(COC2CCC(c3ccc(OC)c(F)c3F)CC2)OC1. The maximum absolute atomic E-state index is 14.3. The number of ether oxygens (including phenoxy) is 3. The summed E-state index contributed by atoms with van der Waals surface area (Å²) in [5, 5.41) is 0. The Kier molecular flexibility index (Phi) is 7.86. The molecule has 1 aromatic rings. The minimum Gasteiger partial charge on any atom is -0.494 e. The van der Waals surface area contributed by atoms with Crippen LogP contribution in [0.15, 0.2) is 24.8 Å². The molecule has 2 unspecified atom stereocenters. The largest absolute Gasteiger partial charge is 0.494 e. The molecule has 28 heavy (non-hydrogen) atoms. The summed E-state index contributed by atoms with van der Waals surface area (Å²) in [5.74, 6) is -1.02. The Hall–Kier alpha value is -1.46. The van der Waals surface area contributed by atoms with E-state index in [2.05, 4.69) is 6.58 Å². The van der Waals surface area contributed by atoms with Crippen molar-refractivity contribution in [3.63, 3.8) is 0 Å². The molecule has 0 aromatic heterocycles. The molecule has 0 amide bonds. The molecular weight excluding hydrogens is 362 g/mol. The van der Waals surface area contributed by atoms with E-state index in [4.69, 9.17) is 14.2 Å². The first kappa shape index (κ1) is 21.3. The zero-order valence-electron chi connectivity index (χ0n) is 16.8. The van der Waals surface area contributed by atoms with Gasteiger partial charge < -0.3 is 14.2 Å². The van der Waals surface area contributed by atoms with E-state index in [9.17, 15) is 8.78 Å². The van der Waals surface area contributed by atoms with Gasteiger partial charge in [-0.05, 0) is 74.8 Å². The van der Waals surface area contributed by atoms with Crippen LogP contribution in [0.3, 0.4) is 0 Å². The summed E-state index contributed by atoms with van der Waals surface area (Å²) in [7, 11) is 1.34. The van der Waals surface area contributed by atoms with Crippen molar-refractivity contribution in [2.75, 3.05) is 20.3 Å². The first-order valence-electron chi connectivity index (χ1n) is 10.5. The van der Waals surface area contributed by atoms with E-state index in [1.807, 2.05) is 6.08 Å². The van der Waals surface area contributed by atoms with E-state index < -0.39 is 11.6 Å². The van der Waals surface area contributed by atoms with Crippen LogP contribution in [0.1, 0.15) is 62.8 Å². The number of hydrogen-bond donors (Lipinski definition) is 0. The number of hydrogen-bond acceptors (Lipinski definition) is 3. The van der Waals surface area contributed by atoms with Crippen molar-refractivity contribution in [1.29, 1.82) is 0 Å². The second-order valence-corrected chi connectivity index (χ2v) is 8.06. The quantitative estimate of drug-likeness (QED) is 0.523. The number of halogens is 2. The minimum absolute atomic E-state index is 0.0387. The highest BCUT2D eigenvalue weighted by Gasteiger charge is 2.28. The first-order chi connectivity index (χ1) is 13.6. The van der Waals surface area contributed by atoms with E-state index in [-0.39, 0.29) is 23.9 Å². The van der Waals surface area contributed by atoms with E-state index in [1.165, 1.54) is 19.6 Å². The normalized spacial score (nSPS) is 28.1. The smallest absolute Gasteiger partial charge is 0.200 e. The number of rotatable bonds is 8. The molecule has 0 bridgehead atoms. The van der Waals surface area contributed by atoms with Gasteiger partial charge in [0, 0.05) is 6.61 Å². The molecule has 1 aliphatic carbocycles. The highest BCUT2D eigenvalue weighted by atomic mass is 19.2. The lowest BCUT2D eigenvalue weighted by Gasteiger charge is -2.32. The highest BCUT2D eigenvalue weighted by Crippen LogP contribution is 2.37. The summed E-state index contributed by atoms with van der Waals surface area (Å²) < 4.78 is 45.2. The molecule has 1 aromatic carbocycles. The van der Waals surface area contributed by atoms with Gasteiger partial charge in [-0.3, -0.25) is 0 Å². The zero-order valence-corrected chi connectivity index (χ0v) is 16.8. The van der Waals surface area contributed by atoms with Crippen LogP contribution in [0.2, 0.25) is 0 Å². The predicted octanol–water partition coefficient (Wildman–Crippen LogP) is 5.78. The Morgan fingerprint density at radius 1 is 1.11 bits per heavy atom. The van der Waals surface area contributed by atoms with Crippen molar-refractivity contribution in [1.82, 2.24) is 0 Å². The Labute approximate surface area is 167 Å². The summed E-state index contributed by atoms with van der Waals surface area (Å²) in [6.45, 7) is 5.23. The van der Waals surface area contributed by atoms with E-state index in [0.29, 0.717) is 18.1 Å². The fourth-order valence-corrected chi connectivity index (χ4v) is 4.38. The van der Waals surface area contributed by atoms with E-state index in [0.717, 1.165) is 51.6 Å². The maximum atomic E-state index is 14.3. The van der Waals surface area contributed by atoms with Crippen LogP contribution in [0.5, 0.6) is 5.75 Å². The van der Waals surface area contributed by atoms with E-state index >= 15 is 0 Å². The van der Waals surface area contributed by atoms with Crippen molar-refractivity contribution >= 4 is 0 Å². The van der Waals surface area contributed by atoms with Crippen molar-refractivity contribution in [2.45, 2.75) is 69.5 Å². The summed E-state index contributed by atoms with van der Waals surface area (Å²) in [6.07, 6.45) is 10.1. The molecule has 1 saturated heterocycles. The molecular formula is C23H32F2O3. The van der Waals surface area contributed by atoms with Crippen molar-refractivity contribution in [3.05, 3.63) is 42.0 Å². The van der Waals surface area contributed by atoms with Crippen molar-refractivity contribution in [3.8, 4) is 5.75 Å². The fraction of sp³-hybridized carbons (Fsp3) is 0.652. The number of benzene rings is 1. The van der Waals surface area contributed by atoms with E-state index in [1.54, 1.807) is 6.07 Å². The van der Waals surface area contributed by atoms with Gasteiger partial charge in [-0.15, -0.1) is 6.58 Å². The van der Waals surface area contributed by atoms with Gasteiger partial charge >= 0.3 is 0 Å². The Morgan fingerprint density at radius 2 is 1.89 bits per heavy atom. The molecule has 1 heterocycles. The molecule has 5 heteroatoms. The second kappa shape index (κ2) is 10.4. The lowest BCUT2D eigenvalue weighted by atomic mass is 9.82. The standard InChI is InChI=1S/C23H32F2O3/c1-3-4-5-16-6-9-19(27-14-16)15-28-18-10-7-17(8-11-18)20-12-13-21(26-2)23(25)22(20)24/h3,12-13,16-19H,1,4-11,14-15H2,2H3. The van der Waals surface area contributed by atoms with Crippen LogP contribution in [-0.4, -0.2) is 32.5 Å². The monoisotopic (exact) mass is 394 g/mol. The third kappa shape index (κ3) is 5.32. The molecule has 156 valence electrons. The van der Waals surface area contributed by atoms with Crippen LogP contribution < -0.4 is 4.74 Å². The zero-order chi connectivity index (χ0) is 19.9. The van der Waals surface area contributed by atoms with Gasteiger partial charge in [0.2, 0.25) is 5.82 Å². The molecule has 2 atom stereocenters. The van der Waals surface area contributed by atoms with Crippen LogP contribution in [0.4, 0.5) is 8.78 Å². The van der Waals surface area contributed by atoms with Gasteiger partial charge in [0.25, 0.3) is 0 Å². The molecule has 0 spiro atoms. The third-order valence-electron chi connectivity index (χ3n) is 6.17. The molecule has 2 aliphatic rings. The fourth-order valence-electron chi connectivity index (χ4n) is 4.38. The van der Waals surface area contributed by atoms with Crippen molar-refractivity contribution < 1.29 is 23.0 Å². The number of allylic oxidation sites excluding steroid dienone is 1. The Bertz CT molecular complexity index is 633. The van der Waals surface area contributed by atoms with Crippen LogP contribution in [0, 0.1) is 17.6 Å². The van der Waals surface area contributed by atoms with Gasteiger partial charge in [-0.2, -0.15) is 4.39 Å². The van der Waals surface area contributed by atoms with Crippen LogP contribution in [-0.2, 0) is 9.47 Å². The topological polar surface area (TPSA) is 27.7 Å². The Balaban J connectivity index is 1.40. The predicted molar refractivity (Wildman–Crippen MR) is 106 cm³/mol. The molecule has 0 N–H and O–H groups in total. The molecule has 3 nitrogen and oxygen atoms in total. The van der Waals surface area contributed by atoms with Gasteiger partial charge in [0.15, 0.2) is 11.6 Å². The van der Waals surface area contributed by atoms with Gasteiger partial charge in [-0.1, -0.05) is 12.1 Å². The van der Waals surface area contributed by atoms with Crippen LogP contribution >= 0.6 is 0 Å². The Morgan fingerprint density at radius 3 is 2.54 bits per heavy atom. The summed E-state index contributed by atoms with van der Waals surface area (Å²) >= 11 is 0. The lowest BCUT2D eigenvalue weighted by molar-refractivity contribution is -0.0855. The van der Waals surface area contributed by atoms with Gasteiger partial charge in [-0.25, -0.2) is 4.39 Å². The van der Waals surface area contributed by atoms with Gasteiger partial charge in [0.1, 0.15) is 0 Å². The van der Waals surface area contributed by atoms with Crippen LogP contribution in [0.25, 0.3) is 0 Å². The number of methoxy groups -OCH3 is 1. The molecule has 3 rings (SSSR count). The average Bonchev–Trinajstić information content (AvgIpc) is 2.74. The molecule has 1 aliphatic heterocycles. The summed E-state index contributed by atoms with van der Waals surface area (Å²) in [6, 6.07) is 3.17. The third-order valence-corrected chi connectivity index (χ3v) is 6.17. The summed E-state index contributed by atoms with van der Waals surface area (Å²) in [4.78, 5) is 0. The molecule has 2 fully saturated rings. The van der Waals surface area contributed by atoms with Gasteiger partial charge in [0.05, 0.1) is 25.9 Å². The average molecular weight is 395 g/mol. The van der Waals surface area contributed by atoms with Crippen molar-refractivity contribution in [2.24, 2.45) is 5.92 Å². The second-order valence-electron chi connectivity index (χ2n) is 8.06. The first-order valence-corrected chi connectivity index (χ1v) is 10.5. The molecule has 1 saturated carbocycles. The lowest BCUT2D eigenvalue weighted by Crippen LogP contribution is -2.32. The maximum Gasteiger partial charge on any atom is 0.200 e.